The van der Waals surface area contributed by atoms with Gasteiger partial charge in [-0.15, -0.1) is 0 Å². The van der Waals surface area contributed by atoms with Crippen molar-refractivity contribution in [2.75, 3.05) is 12.3 Å². The molecule has 0 unspecified atom stereocenters. The lowest BCUT2D eigenvalue weighted by molar-refractivity contribution is 0.0501. The summed E-state index contributed by atoms with van der Waals surface area (Å²) in [6.45, 7) is 2.47. The number of carbonyl (C=O) groups is 1. The molecule has 0 aliphatic carbocycles. The van der Waals surface area contributed by atoms with Gasteiger partial charge in [-0.25, -0.2) is 14.8 Å². The summed E-state index contributed by atoms with van der Waals surface area (Å²) in [5.41, 5.74) is 9.97. The Labute approximate surface area is 163 Å². The van der Waals surface area contributed by atoms with E-state index >= 15 is 0 Å². The van der Waals surface area contributed by atoms with Crippen molar-refractivity contribution in [3.05, 3.63) is 60.2 Å². The number of rotatable bonds is 6. The summed E-state index contributed by atoms with van der Waals surface area (Å²) in [5, 5.41) is 0. The number of nitrogen functional groups attached to an aromatic ring is 1. The predicted octanol–water partition coefficient (Wildman–Crippen LogP) is 4.50. The quantitative estimate of drug-likeness (QED) is 0.397. The molecule has 2 heterocycles. The summed E-state index contributed by atoms with van der Waals surface area (Å²) in [7, 11) is 0. The Bertz CT molecular complexity index is 1140. The lowest BCUT2D eigenvalue weighted by Gasteiger charge is -2.07. The molecule has 0 fully saturated rings. The number of anilines is 1. The second-order valence-electron chi connectivity index (χ2n) is 6.66. The lowest BCUT2D eigenvalue weighted by Crippen LogP contribution is -2.10. The van der Waals surface area contributed by atoms with Crippen molar-refractivity contribution < 1.29 is 9.53 Å². The highest BCUT2D eigenvalue weighted by Gasteiger charge is 2.25. The van der Waals surface area contributed by atoms with E-state index in [2.05, 4.69) is 11.9 Å². The van der Waals surface area contributed by atoms with Crippen LogP contribution in [0.3, 0.4) is 0 Å². The van der Waals surface area contributed by atoms with Gasteiger partial charge in [0, 0.05) is 5.69 Å². The highest BCUT2D eigenvalue weighted by molar-refractivity contribution is 6.09. The zero-order chi connectivity index (χ0) is 19.5. The number of benzene rings is 2. The van der Waals surface area contributed by atoms with Crippen LogP contribution in [0.4, 0.5) is 5.82 Å². The van der Waals surface area contributed by atoms with Gasteiger partial charge in [0.1, 0.15) is 16.9 Å². The molecule has 0 saturated heterocycles. The SMILES string of the molecule is CCCCCOC(=O)c1c(N)n(-c2ccccc2)c2nc3ccccc3nc12. The van der Waals surface area contributed by atoms with Crippen LogP contribution < -0.4 is 5.73 Å². The molecule has 0 spiro atoms. The molecule has 0 amide bonds. The summed E-state index contributed by atoms with van der Waals surface area (Å²) in [5.74, 6) is -0.171. The number of unbranched alkanes of at least 4 members (excludes halogenated alkanes) is 2. The van der Waals surface area contributed by atoms with E-state index in [4.69, 9.17) is 15.5 Å². The fourth-order valence-corrected chi connectivity index (χ4v) is 3.29. The lowest BCUT2D eigenvalue weighted by atomic mass is 10.2. The van der Waals surface area contributed by atoms with Crippen LogP contribution in [-0.2, 0) is 4.74 Å². The Morgan fingerprint density at radius 2 is 1.68 bits per heavy atom. The van der Waals surface area contributed by atoms with Gasteiger partial charge in [0.15, 0.2) is 5.65 Å². The number of hydrogen-bond acceptors (Lipinski definition) is 5. The maximum absolute atomic E-state index is 12.8. The first-order chi connectivity index (χ1) is 13.7. The average Bonchev–Trinajstić information content (AvgIpc) is 3.00. The van der Waals surface area contributed by atoms with Crippen molar-refractivity contribution in [3.8, 4) is 5.69 Å². The molecule has 0 bridgehead atoms. The van der Waals surface area contributed by atoms with Crippen molar-refractivity contribution >= 4 is 34.0 Å². The van der Waals surface area contributed by atoms with Crippen molar-refractivity contribution in [3.63, 3.8) is 0 Å². The largest absolute Gasteiger partial charge is 0.462 e. The number of aromatic nitrogens is 3. The van der Waals surface area contributed by atoms with Gasteiger partial charge in [0.25, 0.3) is 0 Å². The van der Waals surface area contributed by atoms with E-state index in [9.17, 15) is 4.79 Å². The molecule has 6 heteroatoms. The third kappa shape index (κ3) is 3.17. The second-order valence-corrected chi connectivity index (χ2v) is 6.66. The molecule has 4 aromatic rings. The smallest absolute Gasteiger partial charge is 0.344 e. The maximum Gasteiger partial charge on any atom is 0.344 e. The number of para-hydroxylation sites is 3. The Morgan fingerprint density at radius 1 is 1.00 bits per heavy atom. The number of nitrogens with zero attached hydrogens (tertiary/aromatic N) is 3. The zero-order valence-corrected chi connectivity index (χ0v) is 15.8. The molecular weight excluding hydrogens is 352 g/mol. The highest BCUT2D eigenvalue weighted by Crippen LogP contribution is 2.31. The van der Waals surface area contributed by atoms with Crippen LogP contribution in [0.1, 0.15) is 36.5 Å². The predicted molar refractivity (Wildman–Crippen MR) is 111 cm³/mol. The number of nitrogens with two attached hydrogens (primary N) is 1. The normalized spacial score (nSPS) is 11.2. The van der Waals surface area contributed by atoms with Crippen LogP contribution >= 0.6 is 0 Å². The summed E-state index contributed by atoms with van der Waals surface area (Å²) >= 11 is 0. The van der Waals surface area contributed by atoms with Crippen molar-refractivity contribution in [1.82, 2.24) is 14.5 Å². The Hall–Kier alpha value is -3.41. The molecule has 142 valence electrons. The number of carbonyl (C=O) groups excluding carboxylic acids is 1. The monoisotopic (exact) mass is 374 g/mol. The van der Waals surface area contributed by atoms with E-state index in [-0.39, 0.29) is 11.4 Å². The number of ether oxygens (including phenoxy) is 1. The van der Waals surface area contributed by atoms with Crippen LogP contribution in [0.15, 0.2) is 54.6 Å². The fraction of sp³-hybridized carbons (Fsp3) is 0.227. The Morgan fingerprint density at radius 3 is 2.39 bits per heavy atom. The van der Waals surface area contributed by atoms with E-state index in [1.165, 1.54) is 0 Å². The number of fused-ring (bicyclic) bond motifs is 2. The zero-order valence-electron chi connectivity index (χ0n) is 15.8. The standard InChI is InChI=1S/C22H22N4O2/c1-2-3-9-14-28-22(27)18-19-21(25-17-13-8-7-12-16(17)24-19)26(20(18)23)15-10-5-4-6-11-15/h4-8,10-13H,2-3,9,14,23H2,1H3. The van der Waals surface area contributed by atoms with Gasteiger partial charge in [0.05, 0.1) is 17.6 Å². The fourth-order valence-electron chi connectivity index (χ4n) is 3.29. The first-order valence-corrected chi connectivity index (χ1v) is 9.50. The third-order valence-electron chi connectivity index (χ3n) is 4.70. The van der Waals surface area contributed by atoms with E-state index in [1.54, 1.807) is 4.57 Å². The Kier molecular flexibility index (Phi) is 4.93. The molecule has 0 saturated carbocycles. The summed E-state index contributed by atoms with van der Waals surface area (Å²) in [6.07, 6.45) is 2.90. The minimum Gasteiger partial charge on any atom is -0.462 e. The molecule has 6 nitrogen and oxygen atoms in total. The number of esters is 1. The van der Waals surface area contributed by atoms with Crippen LogP contribution in [0.2, 0.25) is 0 Å². The first kappa shape index (κ1) is 18.0. The molecule has 28 heavy (non-hydrogen) atoms. The van der Waals surface area contributed by atoms with Gasteiger partial charge in [-0.3, -0.25) is 4.57 Å². The van der Waals surface area contributed by atoms with Crippen LogP contribution in [0, 0.1) is 0 Å². The molecule has 2 aromatic heterocycles. The van der Waals surface area contributed by atoms with Crippen LogP contribution in [0.25, 0.3) is 27.9 Å². The van der Waals surface area contributed by atoms with E-state index in [0.29, 0.717) is 23.3 Å². The minimum absolute atomic E-state index is 0.272. The number of hydrogen-bond donors (Lipinski definition) is 1. The van der Waals surface area contributed by atoms with Gasteiger partial charge in [-0.2, -0.15) is 0 Å². The molecule has 0 radical (unpaired) electrons. The molecule has 0 aliphatic rings. The molecule has 0 aliphatic heterocycles. The summed E-state index contributed by atoms with van der Waals surface area (Å²) in [4.78, 5) is 22.3. The third-order valence-corrected chi connectivity index (χ3v) is 4.70. The molecule has 2 N–H and O–H groups in total. The van der Waals surface area contributed by atoms with E-state index in [1.807, 2.05) is 54.6 Å². The summed E-state index contributed by atoms with van der Waals surface area (Å²) < 4.78 is 7.24. The average molecular weight is 374 g/mol. The molecular formula is C22H22N4O2. The van der Waals surface area contributed by atoms with Gasteiger partial charge in [-0.05, 0) is 30.7 Å². The molecule has 4 rings (SSSR count). The van der Waals surface area contributed by atoms with E-state index in [0.717, 1.165) is 30.5 Å². The second kappa shape index (κ2) is 7.68. The van der Waals surface area contributed by atoms with Crippen molar-refractivity contribution in [1.29, 1.82) is 0 Å². The minimum atomic E-state index is -0.460. The van der Waals surface area contributed by atoms with Gasteiger partial charge >= 0.3 is 5.97 Å². The maximum atomic E-state index is 12.8. The van der Waals surface area contributed by atoms with Gasteiger partial charge in [-0.1, -0.05) is 50.1 Å². The highest BCUT2D eigenvalue weighted by atomic mass is 16.5. The van der Waals surface area contributed by atoms with E-state index < -0.39 is 5.97 Å². The summed E-state index contributed by atoms with van der Waals surface area (Å²) in [6, 6.07) is 17.2. The van der Waals surface area contributed by atoms with Crippen LogP contribution in [0.5, 0.6) is 0 Å². The van der Waals surface area contributed by atoms with Gasteiger partial charge < -0.3 is 10.5 Å². The van der Waals surface area contributed by atoms with Crippen molar-refractivity contribution in [2.24, 2.45) is 0 Å². The molecule has 0 atom stereocenters. The van der Waals surface area contributed by atoms with Crippen LogP contribution in [-0.4, -0.2) is 27.1 Å². The Balaban J connectivity index is 1.89. The topological polar surface area (TPSA) is 83.0 Å². The molecule has 2 aromatic carbocycles. The van der Waals surface area contributed by atoms with Crippen molar-refractivity contribution in [2.45, 2.75) is 26.2 Å². The first-order valence-electron chi connectivity index (χ1n) is 9.50. The van der Waals surface area contributed by atoms with Gasteiger partial charge in [0.2, 0.25) is 0 Å².